The molecule has 6 nitrogen and oxygen atoms in total. The van der Waals surface area contributed by atoms with Crippen molar-refractivity contribution in [3.63, 3.8) is 0 Å². The Morgan fingerprint density at radius 3 is 2.08 bits per heavy atom. The van der Waals surface area contributed by atoms with Crippen LogP contribution in [0.5, 0.6) is 5.75 Å². The number of hydrogen-bond acceptors (Lipinski definition) is 7. The molecule has 1 heterocycles. The number of nitrogens with zero attached hydrogens (tertiary/aromatic N) is 1. The van der Waals surface area contributed by atoms with Crippen molar-refractivity contribution < 1.29 is 19.0 Å². The molecule has 0 aromatic heterocycles. The van der Waals surface area contributed by atoms with Crippen LogP contribution in [0, 0.1) is 0 Å². The average Bonchev–Trinajstić information content (AvgIpc) is 2.85. The fourth-order valence-corrected chi connectivity index (χ4v) is 5.19. The van der Waals surface area contributed by atoms with Gasteiger partial charge in [0.2, 0.25) is 0 Å². The highest BCUT2D eigenvalue weighted by Crippen LogP contribution is 2.47. The van der Waals surface area contributed by atoms with Gasteiger partial charge in [0.1, 0.15) is 18.0 Å². The standard InChI is InChI=1S/C29H34N2O4S/c1-5-33-27(28(32)35-29(2,3)4)26(30)20-14-16-21(17-15-20)34-19-18-31-22-10-6-8-12-24(22)36-25-13-9-7-11-23(25)31/h6-17,26-27H,5,18-19,30H2,1-4H3. The lowest BCUT2D eigenvalue weighted by atomic mass is 10.0. The fraction of sp³-hybridized carbons (Fsp3) is 0.345. The summed E-state index contributed by atoms with van der Waals surface area (Å²) >= 11 is 1.79. The van der Waals surface area contributed by atoms with Crippen molar-refractivity contribution in [2.75, 3.05) is 24.7 Å². The summed E-state index contributed by atoms with van der Waals surface area (Å²) in [6.45, 7) is 8.89. The van der Waals surface area contributed by atoms with Gasteiger partial charge in [0, 0.05) is 16.4 Å². The predicted octanol–water partition coefficient (Wildman–Crippen LogP) is 6.11. The third kappa shape index (κ3) is 6.22. The highest BCUT2D eigenvalue weighted by Gasteiger charge is 2.32. The number of hydrogen-bond donors (Lipinski definition) is 1. The molecule has 0 amide bonds. The topological polar surface area (TPSA) is 74.0 Å². The first-order valence-corrected chi connectivity index (χ1v) is 13.0. The smallest absolute Gasteiger partial charge is 0.337 e. The SMILES string of the molecule is CCOC(C(=O)OC(C)(C)C)C(N)c1ccc(OCCN2c3ccccc3Sc3ccccc32)cc1. The molecule has 1 aliphatic rings. The van der Waals surface area contributed by atoms with Crippen LogP contribution in [-0.4, -0.2) is 37.4 Å². The quantitative estimate of drug-likeness (QED) is 0.351. The number of benzene rings is 3. The van der Waals surface area contributed by atoms with Crippen LogP contribution in [-0.2, 0) is 14.3 Å². The van der Waals surface area contributed by atoms with Crippen LogP contribution in [0.1, 0.15) is 39.3 Å². The van der Waals surface area contributed by atoms with Crippen LogP contribution in [0.2, 0.25) is 0 Å². The summed E-state index contributed by atoms with van der Waals surface area (Å²) in [7, 11) is 0. The Kier molecular flexibility index (Phi) is 8.24. The van der Waals surface area contributed by atoms with E-state index in [-0.39, 0.29) is 0 Å². The second-order valence-electron chi connectivity index (χ2n) is 9.54. The minimum atomic E-state index is -0.877. The molecule has 2 atom stereocenters. The molecule has 0 bridgehead atoms. The minimum absolute atomic E-state index is 0.361. The zero-order chi connectivity index (χ0) is 25.7. The van der Waals surface area contributed by atoms with Gasteiger partial charge in [-0.15, -0.1) is 0 Å². The van der Waals surface area contributed by atoms with Crippen molar-refractivity contribution in [3.8, 4) is 5.75 Å². The second kappa shape index (κ2) is 11.4. The molecular formula is C29H34N2O4S. The van der Waals surface area contributed by atoms with E-state index in [1.165, 1.54) is 21.2 Å². The first kappa shape index (κ1) is 26.1. The third-order valence-electron chi connectivity index (χ3n) is 5.69. The zero-order valence-corrected chi connectivity index (χ0v) is 22.1. The maximum atomic E-state index is 12.6. The molecule has 0 radical (unpaired) electrons. The molecule has 4 rings (SSSR count). The highest BCUT2D eigenvalue weighted by atomic mass is 32.2. The van der Waals surface area contributed by atoms with Crippen molar-refractivity contribution in [1.29, 1.82) is 0 Å². The highest BCUT2D eigenvalue weighted by molar-refractivity contribution is 7.99. The lowest BCUT2D eigenvalue weighted by molar-refractivity contribution is -0.170. The molecule has 0 spiro atoms. The summed E-state index contributed by atoms with van der Waals surface area (Å²) in [6, 6.07) is 23.7. The molecule has 3 aromatic carbocycles. The maximum absolute atomic E-state index is 12.6. The molecule has 36 heavy (non-hydrogen) atoms. The molecular weight excluding hydrogens is 472 g/mol. The van der Waals surface area contributed by atoms with Crippen LogP contribution in [0.25, 0.3) is 0 Å². The number of fused-ring (bicyclic) bond motifs is 2. The molecule has 7 heteroatoms. The maximum Gasteiger partial charge on any atom is 0.337 e. The number of carbonyl (C=O) groups excluding carboxylic acids is 1. The summed E-state index contributed by atoms with van der Waals surface area (Å²) in [4.78, 5) is 17.4. The Labute approximate surface area is 217 Å². The van der Waals surface area contributed by atoms with Crippen molar-refractivity contribution in [3.05, 3.63) is 78.4 Å². The van der Waals surface area contributed by atoms with Crippen LogP contribution < -0.4 is 15.4 Å². The van der Waals surface area contributed by atoms with E-state index in [0.29, 0.717) is 19.8 Å². The van der Waals surface area contributed by atoms with E-state index in [4.69, 9.17) is 19.9 Å². The summed E-state index contributed by atoms with van der Waals surface area (Å²) in [5.74, 6) is 0.279. The van der Waals surface area contributed by atoms with E-state index >= 15 is 0 Å². The molecule has 0 saturated heterocycles. The second-order valence-corrected chi connectivity index (χ2v) is 10.6. The molecule has 190 valence electrons. The Bertz CT molecular complexity index is 1130. The molecule has 1 aliphatic heterocycles. The number of esters is 1. The van der Waals surface area contributed by atoms with Gasteiger partial charge in [-0.3, -0.25) is 0 Å². The van der Waals surface area contributed by atoms with E-state index in [0.717, 1.165) is 11.3 Å². The molecule has 2 unspecified atom stereocenters. The van der Waals surface area contributed by atoms with Crippen molar-refractivity contribution in [2.24, 2.45) is 5.73 Å². The van der Waals surface area contributed by atoms with Gasteiger partial charge in [0.25, 0.3) is 0 Å². The third-order valence-corrected chi connectivity index (χ3v) is 6.82. The van der Waals surface area contributed by atoms with Gasteiger partial charge in [-0.25, -0.2) is 4.79 Å². The Balaban J connectivity index is 1.40. The summed E-state index contributed by atoms with van der Waals surface area (Å²) in [5.41, 5.74) is 8.96. The van der Waals surface area contributed by atoms with Gasteiger partial charge in [-0.2, -0.15) is 0 Å². The monoisotopic (exact) mass is 506 g/mol. The summed E-state index contributed by atoms with van der Waals surface area (Å²) in [6.07, 6.45) is -0.877. The van der Waals surface area contributed by atoms with Gasteiger partial charge >= 0.3 is 5.97 Å². The Morgan fingerprint density at radius 1 is 0.944 bits per heavy atom. The van der Waals surface area contributed by atoms with Crippen LogP contribution in [0.15, 0.2) is 82.6 Å². The van der Waals surface area contributed by atoms with E-state index in [9.17, 15) is 4.79 Å². The molecule has 0 fully saturated rings. The lowest BCUT2D eigenvalue weighted by Gasteiger charge is -2.32. The number of rotatable bonds is 9. The van der Waals surface area contributed by atoms with Gasteiger partial charge in [0.05, 0.1) is 24.0 Å². The predicted molar refractivity (Wildman–Crippen MR) is 144 cm³/mol. The van der Waals surface area contributed by atoms with Crippen molar-refractivity contribution in [2.45, 2.75) is 55.2 Å². The van der Waals surface area contributed by atoms with Crippen LogP contribution in [0.4, 0.5) is 11.4 Å². The van der Waals surface area contributed by atoms with Crippen molar-refractivity contribution >= 4 is 29.1 Å². The van der Waals surface area contributed by atoms with Gasteiger partial charge in [0.15, 0.2) is 6.10 Å². The van der Waals surface area contributed by atoms with Gasteiger partial charge in [-0.05, 0) is 69.7 Å². The number of carbonyl (C=O) groups is 1. The Hall–Kier alpha value is -3.00. The first-order valence-electron chi connectivity index (χ1n) is 12.2. The zero-order valence-electron chi connectivity index (χ0n) is 21.3. The average molecular weight is 507 g/mol. The van der Waals surface area contributed by atoms with E-state index < -0.39 is 23.7 Å². The number of para-hydroxylation sites is 2. The normalized spacial score (nSPS) is 14.4. The first-order chi connectivity index (χ1) is 17.3. The largest absolute Gasteiger partial charge is 0.492 e. The fourth-order valence-electron chi connectivity index (χ4n) is 4.10. The van der Waals surface area contributed by atoms with E-state index in [1.54, 1.807) is 11.8 Å². The van der Waals surface area contributed by atoms with Crippen molar-refractivity contribution in [1.82, 2.24) is 0 Å². The number of ether oxygens (including phenoxy) is 3. The molecule has 2 N–H and O–H groups in total. The summed E-state index contributed by atoms with van der Waals surface area (Å²) < 4.78 is 17.2. The van der Waals surface area contributed by atoms with Gasteiger partial charge in [-0.1, -0.05) is 48.2 Å². The number of nitrogens with two attached hydrogens (primary N) is 1. The van der Waals surface area contributed by atoms with Crippen LogP contribution >= 0.6 is 11.8 Å². The lowest BCUT2D eigenvalue weighted by Crippen LogP contribution is -2.40. The van der Waals surface area contributed by atoms with E-state index in [1.807, 2.05) is 52.0 Å². The number of anilines is 2. The summed E-state index contributed by atoms with van der Waals surface area (Å²) in [5, 5.41) is 0. The van der Waals surface area contributed by atoms with Gasteiger partial charge < -0.3 is 24.8 Å². The molecule has 0 aliphatic carbocycles. The van der Waals surface area contributed by atoms with Crippen LogP contribution in [0.3, 0.4) is 0 Å². The Morgan fingerprint density at radius 2 is 1.53 bits per heavy atom. The molecule has 3 aromatic rings. The van der Waals surface area contributed by atoms with E-state index in [2.05, 4.69) is 53.4 Å². The minimum Gasteiger partial charge on any atom is -0.492 e. The molecule has 0 saturated carbocycles.